The van der Waals surface area contributed by atoms with Crippen LogP contribution in [0.4, 0.5) is 5.69 Å². The van der Waals surface area contributed by atoms with Crippen molar-refractivity contribution in [1.82, 2.24) is 5.32 Å². The molecule has 0 bridgehead atoms. The lowest BCUT2D eigenvalue weighted by Gasteiger charge is -2.21. The first kappa shape index (κ1) is 16.6. The van der Waals surface area contributed by atoms with E-state index in [1.807, 2.05) is 0 Å². The third kappa shape index (κ3) is 5.22. The Balaban J connectivity index is 2.73. The van der Waals surface area contributed by atoms with Gasteiger partial charge in [0, 0.05) is 37.7 Å². The maximum absolute atomic E-state index is 11.7. The van der Waals surface area contributed by atoms with Crippen LogP contribution in [-0.2, 0) is 9.59 Å². The second-order valence-electron chi connectivity index (χ2n) is 4.62. The average Bonchev–Trinajstić information content (AvgIpc) is 2.45. The van der Waals surface area contributed by atoms with Gasteiger partial charge in [-0.2, -0.15) is 0 Å². The summed E-state index contributed by atoms with van der Waals surface area (Å²) in [7, 11) is 0. The highest BCUT2D eigenvalue weighted by molar-refractivity contribution is 5.96. The molecule has 1 aromatic carbocycles. The lowest BCUT2D eigenvalue weighted by Crippen LogP contribution is -2.33. The van der Waals surface area contributed by atoms with Crippen molar-refractivity contribution in [2.75, 3.05) is 18.0 Å². The fraction of sp³-hybridized carbons (Fsp3) is 0.312. The van der Waals surface area contributed by atoms with Crippen molar-refractivity contribution in [3.63, 3.8) is 0 Å². The Morgan fingerprint density at radius 3 is 2.29 bits per heavy atom. The number of ketones is 1. The van der Waals surface area contributed by atoms with Gasteiger partial charge in [-0.3, -0.25) is 14.4 Å². The van der Waals surface area contributed by atoms with E-state index in [1.165, 1.54) is 18.7 Å². The molecule has 2 amide bonds. The van der Waals surface area contributed by atoms with E-state index >= 15 is 0 Å². The van der Waals surface area contributed by atoms with Gasteiger partial charge < -0.3 is 10.2 Å². The van der Waals surface area contributed by atoms with Crippen LogP contribution in [0.3, 0.4) is 0 Å². The van der Waals surface area contributed by atoms with E-state index in [4.69, 9.17) is 0 Å². The van der Waals surface area contributed by atoms with Gasteiger partial charge in [-0.1, -0.05) is 6.08 Å². The summed E-state index contributed by atoms with van der Waals surface area (Å²) in [5.41, 5.74) is 1.26. The molecular formula is C16H20N2O3. The number of amides is 2. The van der Waals surface area contributed by atoms with Gasteiger partial charge in [-0.15, -0.1) is 6.58 Å². The number of carbonyl (C=O) groups is 3. The number of nitrogens with one attached hydrogen (secondary N) is 1. The summed E-state index contributed by atoms with van der Waals surface area (Å²) in [5, 5.41) is 2.66. The molecule has 1 rings (SSSR count). The van der Waals surface area contributed by atoms with Gasteiger partial charge >= 0.3 is 0 Å². The first-order valence-electron chi connectivity index (χ1n) is 6.72. The SMILES string of the molecule is C=CCNC(=O)CCN(C(C)=O)c1ccc(C(C)=O)cc1. The molecule has 0 spiro atoms. The minimum atomic E-state index is -0.151. The summed E-state index contributed by atoms with van der Waals surface area (Å²) in [4.78, 5) is 36.0. The van der Waals surface area contributed by atoms with Crippen molar-refractivity contribution in [2.45, 2.75) is 20.3 Å². The van der Waals surface area contributed by atoms with E-state index in [1.54, 1.807) is 30.3 Å². The van der Waals surface area contributed by atoms with E-state index in [9.17, 15) is 14.4 Å². The summed E-state index contributed by atoms with van der Waals surface area (Å²) in [6, 6.07) is 6.76. The normalized spacial score (nSPS) is 9.81. The van der Waals surface area contributed by atoms with Gasteiger partial charge in [-0.25, -0.2) is 0 Å². The fourth-order valence-electron chi connectivity index (χ4n) is 1.83. The van der Waals surface area contributed by atoms with Gasteiger partial charge in [0.1, 0.15) is 0 Å². The van der Waals surface area contributed by atoms with Crippen LogP contribution < -0.4 is 10.2 Å². The van der Waals surface area contributed by atoms with E-state index in [2.05, 4.69) is 11.9 Å². The average molecular weight is 288 g/mol. The second-order valence-corrected chi connectivity index (χ2v) is 4.62. The number of anilines is 1. The zero-order chi connectivity index (χ0) is 15.8. The first-order chi connectivity index (χ1) is 9.95. The monoisotopic (exact) mass is 288 g/mol. The maximum Gasteiger partial charge on any atom is 0.223 e. The molecule has 0 saturated heterocycles. The largest absolute Gasteiger partial charge is 0.353 e. The van der Waals surface area contributed by atoms with E-state index in [0.29, 0.717) is 17.8 Å². The van der Waals surface area contributed by atoms with Gasteiger partial charge in [0.25, 0.3) is 0 Å². The third-order valence-corrected chi connectivity index (χ3v) is 2.97. The van der Waals surface area contributed by atoms with Gasteiger partial charge in [0.05, 0.1) is 0 Å². The molecule has 21 heavy (non-hydrogen) atoms. The van der Waals surface area contributed by atoms with Gasteiger partial charge in [-0.05, 0) is 31.2 Å². The van der Waals surface area contributed by atoms with E-state index < -0.39 is 0 Å². The predicted octanol–water partition coefficient (Wildman–Crippen LogP) is 1.93. The van der Waals surface area contributed by atoms with Crippen LogP contribution in [0.2, 0.25) is 0 Å². The smallest absolute Gasteiger partial charge is 0.223 e. The van der Waals surface area contributed by atoms with Crippen LogP contribution in [0, 0.1) is 0 Å². The molecule has 0 aliphatic rings. The lowest BCUT2D eigenvalue weighted by atomic mass is 10.1. The molecule has 1 N–H and O–H groups in total. The third-order valence-electron chi connectivity index (χ3n) is 2.97. The van der Waals surface area contributed by atoms with Crippen LogP contribution in [0.5, 0.6) is 0 Å². The summed E-state index contributed by atoms with van der Waals surface area (Å²) >= 11 is 0. The molecule has 0 aliphatic heterocycles. The fourth-order valence-corrected chi connectivity index (χ4v) is 1.83. The van der Waals surface area contributed by atoms with E-state index in [0.717, 1.165) is 0 Å². The molecule has 1 aromatic rings. The van der Waals surface area contributed by atoms with Crippen molar-refractivity contribution >= 4 is 23.3 Å². The van der Waals surface area contributed by atoms with Gasteiger partial charge in [0.15, 0.2) is 5.78 Å². The highest BCUT2D eigenvalue weighted by Crippen LogP contribution is 2.16. The zero-order valence-electron chi connectivity index (χ0n) is 12.4. The Kier molecular flexibility index (Phi) is 6.33. The number of hydrogen-bond donors (Lipinski definition) is 1. The minimum Gasteiger partial charge on any atom is -0.353 e. The Bertz CT molecular complexity index is 535. The van der Waals surface area contributed by atoms with Crippen molar-refractivity contribution in [2.24, 2.45) is 0 Å². The highest BCUT2D eigenvalue weighted by atomic mass is 16.2. The predicted molar refractivity (Wildman–Crippen MR) is 82.3 cm³/mol. The lowest BCUT2D eigenvalue weighted by molar-refractivity contribution is -0.120. The second kappa shape index (κ2) is 7.99. The first-order valence-corrected chi connectivity index (χ1v) is 6.72. The van der Waals surface area contributed by atoms with Crippen LogP contribution in [0.25, 0.3) is 0 Å². The number of rotatable bonds is 7. The van der Waals surface area contributed by atoms with E-state index in [-0.39, 0.29) is 30.6 Å². The minimum absolute atomic E-state index is 0.0280. The summed E-state index contributed by atoms with van der Waals surface area (Å²) in [5.74, 6) is -0.316. The molecule has 0 fully saturated rings. The van der Waals surface area contributed by atoms with Crippen molar-refractivity contribution < 1.29 is 14.4 Å². The maximum atomic E-state index is 11.7. The van der Waals surface area contributed by atoms with Crippen LogP contribution >= 0.6 is 0 Å². The molecule has 0 heterocycles. The molecule has 0 saturated carbocycles. The molecule has 0 unspecified atom stereocenters. The van der Waals surface area contributed by atoms with Crippen LogP contribution in [0.15, 0.2) is 36.9 Å². The Hall–Kier alpha value is -2.43. The van der Waals surface area contributed by atoms with Crippen LogP contribution in [-0.4, -0.2) is 30.7 Å². The molecule has 0 aromatic heterocycles. The number of Topliss-reactive ketones (excluding diaryl/α,β-unsaturated/α-hetero) is 1. The zero-order valence-corrected chi connectivity index (χ0v) is 12.4. The number of carbonyl (C=O) groups excluding carboxylic acids is 3. The number of nitrogens with zero attached hydrogens (tertiary/aromatic N) is 1. The number of benzene rings is 1. The molecule has 0 atom stereocenters. The summed E-state index contributed by atoms with van der Waals surface area (Å²) in [6.07, 6.45) is 1.81. The summed E-state index contributed by atoms with van der Waals surface area (Å²) < 4.78 is 0. The Labute approximate surface area is 124 Å². The van der Waals surface area contributed by atoms with Crippen LogP contribution in [0.1, 0.15) is 30.6 Å². The molecule has 0 aliphatic carbocycles. The van der Waals surface area contributed by atoms with Crippen molar-refractivity contribution in [1.29, 1.82) is 0 Å². The standard InChI is InChI=1S/C16H20N2O3/c1-4-10-17-16(21)9-11-18(13(3)20)15-7-5-14(6-8-15)12(2)19/h4-8H,1,9-11H2,2-3H3,(H,17,21). The molecule has 5 nitrogen and oxygen atoms in total. The van der Waals surface area contributed by atoms with Crippen molar-refractivity contribution in [3.05, 3.63) is 42.5 Å². The summed E-state index contributed by atoms with van der Waals surface area (Å²) in [6.45, 7) is 7.15. The quantitative estimate of drug-likeness (QED) is 0.616. The van der Waals surface area contributed by atoms with Crippen molar-refractivity contribution in [3.8, 4) is 0 Å². The number of hydrogen-bond acceptors (Lipinski definition) is 3. The molecule has 5 heteroatoms. The Morgan fingerprint density at radius 1 is 1.19 bits per heavy atom. The molecular weight excluding hydrogens is 268 g/mol. The highest BCUT2D eigenvalue weighted by Gasteiger charge is 2.13. The Morgan fingerprint density at radius 2 is 1.81 bits per heavy atom. The molecule has 0 radical (unpaired) electrons. The molecule has 112 valence electrons. The topological polar surface area (TPSA) is 66.5 Å². The van der Waals surface area contributed by atoms with Gasteiger partial charge in [0.2, 0.25) is 11.8 Å².